The average Bonchev–Trinajstić information content (AvgIpc) is 3.25. The Kier molecular flexibility index (Phi) is 4.99. The average molecular weight is 470 g/mol. The molecule has 5 aromatic rings. The molecule has 32 heavy (non-hydrogen) atoms. The molecule has 0 bridgehead atoms. The first kappa shape index (κ1) is 20.3. The van der Waals surface area contributed by atoms with Crippen LogP contribution in [0.1, 0.15) is 18.8 Å². The fourth-order valence-corrected chi connectivity index (χ4v) is 4.09. The molecule has 5 rings (SSSR count). The molecule has 0 spiro atoms. The van der Waals surface area contributed by atoms with Crippen LogP contribution in [0.3, 0.4) is 0 Å². The lowest BCUT2D eigenvalue weighted by Gasteiger charge is -2.21. The Hall–Kier alpha value is -3.56. The molecule has 0 saturated heterocycles. The van der Waals surface area contributed by atoms with Crippen LogP contribution in [0, 0.1) is 5.82 Å². The number of hydrogen-bond acceptors (Lipinski definition) is 6. The van der Waals surface area contributed by atoms with Crippen molar-refractivity contribution in [3.8, 4) is 5.69 Å². The second-order valence-electron chi connectivity index (χ2n) is 7.03. The summed E-state index contributed by atoms with van der Waals surface area (Å²) < 4.78 is 15.2. The topological polar surface area (TPSA) is 101 Å². The highest BCUT2D eigenvalue weighted by molar-refractivity contribution is 6.37. The van der Waals surface area contributed by atoms with Crippen molar-refractivity contribution in [2.45, 2.75) is 13.0 Å². The predicted octanol–water partition coefficient (Wildman–Crippen LogP) is 4.67. The van der Waals surface area contributed by atoms with Gasteiger partial charge in [0, 0.05) is 0 Å². The summed E-state index contributed by atoms with van der Waals surface area (Å²) in [5.41, 5.74) is 1.19. The van der Waals surface area contributed by atoms with Gasteiger partial charge in [0.25, 0.3) is 5.56 Å². The molecule has 11 heteroatoms. The number of hydrogen-bond donors (Lipinski definition) is 2. The molecule has 2 aromatic carbocycles. The third-order valence-electron chi connectivity index (χ3n) is 4.98. The van der Waals surface area contributed by atoms with Crippen molar-refractivity contribution in [2.75, 3.05) is 5.32 Å². The Morgan fingerprint density at radius 2 is 1.91 bits per heavy atom. The van der Waals surface area contributed by atoms with Crippen molar-refractivity contribution >= 4 is 51.1 Å². The molecule has 1 atom stereocenters. The first-order valence-corrected chi connectivity index (χ1v) is 10.3. The Labute approximate surface area is 190 Å². The fourth-order valence-electron chi connectivity index (χ4n) is 3.52. The van der Waals surface area contributed by atoms with Crippen LogP contribution in [0.5, 0.6) is 0 Å². The Balaban J connectivity index is 1.75. The first-order valence-electron chi connectivity index (χ1n) is 9.51. The molecule has 0 aliphatic rings. The van der Waals surface area contributed by atoms with Gasteiger partial charge in [-0.25, -0.2) is 24.3 Å². The molecule has 0 aliphatic heterocycles. The van der Waals surface area contributed by atoms with Gasteiger partial charge in [-0.1, -0.05) is 29.3 Å². The van der Waals surface area contributed by atoms with Crippen LogP contribution in [-0.4, -0.2) is 29.5 Å². The molecule has 8 nitrogen and oxygen atoms in total. The SMILES string of the molecule is C[C@@H](Nc1ncnc2[nH]cnc12)c1nc2ccc(F)cc2c(=O)n1-c1c(Cl)cccc1Cl. The second-order valence-corrected chi connectivity index (χ2v) is 7.84. The van der Waals surface area contributed by atoms with Crippen molar-refractivity contribution in [3.63, 3.8) is 0 Å². The van der Waals surface area contributed by atoms with Crippen LogP contribution < -0.4 is 10.9 Å². The lowest BCUT2D eigenvalue weighted by atomic mass is 10.2. The van der Waals surface area contributed by atoms with Crippen LogP contribution in [0.25, 0.3) is 27.8 Å². The van der Waals surface area contributed by atoms with Crippen molar-refractivity contribution in [3.05, 3.63) is 81.1 Å². The molecular weight excluding hydrogens is 456 g/mol. The smallest absolute Gasteiger partial charge is 0.266 e. The van der Waals surface area contributed by atoms with Crippen LogP contribution in [0.2, 0.25) is 10.0 Å². The van der Waals surface area contributed by atoms with Crippen LogP contribution in [0.4, 0.5) is 10.2 Å². The molecule has 2 N–H and O–H groups in total. The van der Waals surface area contributed by atoms with Gasteiger partial charge in [0.1, 0.15) is 23.5 Å². The highest BCUT2D eigenvalue weighted by Gasteiger charge is 2.22. The third-order valence-corrected chi connectivity index (χ3v) is 5.59. The number of fused-ring (bicyclic) bond motifs is 2. The number of para-hydroxylation sites is 1. The minimum Gasteiger partial charge on any atom is -0.358 e. The molecule has 3 heterocycles. The summed E-state index contributed by atoms with van der Waals surface area (Å²) in [6.07, 6.45) is 2.90. The maximum atomic E-state index is 13.9. The molecule has 160 valence electrons. The van der Waals surface area contributed by atoms with E-state index in [1.54, 1.807) is 25.1 Å². The minimum absolute atomic E-state index is 0.105. The van der Waals surface area contributed by atoms with E-state index in [4.69, 9.17) is 23.2 Å². The zero-order chi connectivity index (χ0) is 22.4. The van der Waals surface area contributed by atoms with E-state index in [0.717, 1.165) is 6.07 Å². The number of nitrogens with one attached hydrogen (secondary N) is 2. The molecule has 0 saturated carbocycles. The van der Waals surface area contributed by atoms with Gasteiger partial charge in [-0.2, -0.15) is 0 Å². The summed E-state index contributed by atoms with van der Waals surface area (Å²) in [7, 11) is 0. The Morgan fingerprint density at radius 1 is 1.12 bits per heavy atom. The maximum absolute atomic E-state index is 13.9. The van der Waals surface area contributed by atoms with E-state index in [1.165, 1.54) is 29.4 Å². The summed E-state index contributed by atoms with van der Waals surface area (Å²) in [5.74, 6) is 0.217. The number of aromatic amines is 1. The lowest BCUT2D eigenvalue weighted by molar-refractivity contribution is 0.629. The third kappa shape index (κ3) is 3.35. The molecule has 0 fully saturated rings. The van der Waals surface area contributed by atoms with Gasteiger partial charge in [0.15, 0.2) is 11.5 Å². The molecule has 0 radical (unpaired) electrons. The highest BCUT2D eigenvalue weighted by atomic mass is 35.5. The van der Waals surface area contributed by atoms with Crippen LogP contribution in [-0.2, 0) is 0 Å². The summed E-state index contributed by atoms with van der Waals surface area (Å²) in [6.45, 7) is 1.80. The number of nitrogens with zero attached hydrogens (tertiary/aromatic N) is 5. The number of aromatic nitrogens is 6. The molecule has 0 amide bonds. The molecule has 0 aliphatic carbocycles. The summed E-state index contributed by atoms with van der Waals surface area (Å²) in [5, 5.41) is 3.83. The van der Waals surface area contributed by atoms with Gasteiger partial charge < -0.3 is 10.3 Å². The van der Waals surface area contributed by atoms with Gasteiger partial charge in [-0.05, 0) is 37.3 Å². The number of halogens is 3. The standard InChI is InChI=1S/C21H14Cl2FN7O/c1-10(29-19-16-18(26-8-25-16)27-9-28-19)20-30-15-6-5-11(24)7-12(15)21(32)31(20)17-13(22)3-2-4-14(17)23/h2-10H,1H3,(H2,25,26,27,28,29)/t10-/m1/s1. The second kappa shape index (κ2) is 7.85. The summed E-state index contributed by atoms with van der Waals surface area (Å²) in [4.78, 5) is 33.7. The monoisotopic (exact) mass is 469 g/mol. The van der Waals surface area contributed by atoms with Gasteiger partial charge in [-0.15, -0.1) is 0 Å². The number of anilines is 1. The number of imidazole rings is 1. The van der Waals surface area contributed by atoms with E-state index in [1.807, 2.05) is 0 Å². The Bertz CT molecular complexity index is 1530. The zero-order valence-corrected chi connectivity index (χ0v) is 18.0. The quantitative estimate of drug-likeness (QED) is 0.396. The minimum atomic E-state index is -0.547. The number of rotatable bonds is 4. The van der Waals surface area contributed by atoms with E-state index < -0.39 is 17.4 Å². The first-order chi connectivity index (χ1) is 15.4. The van der Waals surface area contributed by atoms with E-state index >= 15 is 0 Å². The number of H-pyrrole nitrogens is 1. The highest BCUT2D eigenvalue weighted by Crippen LogP contribution is 2.31. The largest absolute Gasteiger partial charge is 0.358 e. The molecular formula is C21H14Cl2FN7O. The van der Waals surface area contributed by atoms with E-state index in [0.29, 0.717) is 28.3 Å². The van der Waals surface area contributed by atoms with Gasteiger partial charge in [-0.3, -0.25) is 9.36 Å². The van der Waals surface area contributed by atoms with Crippen LogP contribution >= 0.6 is 23.2 Å². The van der Waals surface area contributed by atoms with Crippen molar-refractivity contribution in [1.29, 1.82) is 0 Å². The maximum Gasteiger partial charge on any atom is 0.266 e. The van der Waals surface area contributed by atoms with Crippen molar-refractivity contribution in [2.24, 2.45) is 0 Å². The van der Waals surface area contributed by atoms with Crippen LogP contribution in [0.15, 0.2) is 53.8 Å². The zero-order valence-electron chi connectivity index (χ0n) is 16.5. The van der Waals surface area contributed by atoms with E-state index in [-0.39, 0.29) is 21.1 Å². The summed E-state index contributed by atoms with van der Waals surface area (Å²) >= 11 is 12.8. The fraction of sp³-hybridized carbons (Fsp3) is 0.0952. The lowest BCUT2D eigenvalue weighted by Crippen LogP contribution is -2.28. The number of benzene rings is 2. The molecule has 3 aromatic heterocycles. The van der Waals surface area contributed by atoms with E-state index in [9.17, 15) is 9.18 Å². The summed E-state index contributed by atoms with van der Waals surface area (Å²) in [6, 6.07) is 8.21. The van der Waals surface area contributed by atoms with E-state index in [2.05, 4.69) is 30.2 Å². The van der Waals surface area contributed by atoms with Crippen molar-refractivity contribution < 1.29 is 4.39 Å². The normalized spacial score (nSPS) is 12.4. The molecule has 0 unspecified atom stereocenters. The van der Waals surface area contributed by atoms with Gasteiger partial charge >= 0.3 is 0 Å². The van der Waals surface area contributed by atoms with Crippen molar-refractivity contribution in [1.82, 2.24) is 29.5 Å². The van der Waals surface area contributed by atoms with Gasteiger partial charge in [0.05, 0.1) is 39.0 Å². The Morgan fingerprint density at radius 3 is 2.69 bits per heavy atom. The predicted molar refractivity (Wildman–Crippen MR) is 121 cm³/mol. The van der Waals surface area contributed by atoms with Gasteiger partial charge in [0.2, 0.25) is 0 Å².